The van der Waals surface area contributed by atoms with E-state index in [9.17, 15) is 17.6 Å². The number of hydrogen-bond donors (Lipinski definition) is 1. The maximum Gasteiger partial charge on any atom is 0.203 e. The standard InChI is InChI=1S/C11H11F4NO/c12-7-4-8(13)10(15)11(9(7)14)17-5-6-2-1-3-16-6/h4,6,16H,1-3,5H2/t6-/m1/s1. The zero-order valence-electron chi connectivity index (χ0n) is 8.90. The first kappa shape index (κ1) is 12.2. The molecule has 0 aliphatic carbocycles. The molecule has 1 aromatic rings. The molecule has 1 aliphatic heterocycles. The Morgan fingerprint density at radius 1 is 1.18 bits per heavy atom. The maximum absolute atomic E-state index is 13.2. The Morgan fingerprint density at radius 2 is 1.82 bits per heavy atom. The van der Waals surface area contributed by atoms with E-state index in [2.05, 4.69) is 5.32 Å². The molecule has 1 heterocycles. The molecule has 1 aromatic carbocycles. The van der Waals surface area contributed by atoms with E-state index in [0.29, 0.717) is 0 Å². The Morgan fingerprint density at radius 3 is 2.35 bits per heavy atom. The molecule has 0 amide bonds. The first-order chi connectivity index (χ1) is 8.09. The van der Waals surface area contributed by atoms with E-state index >= 15 is 0 Å². The zero-order valence-corrected chi connectivity index (χ0v) is 8.90. The van der Waals surface area contributed by atoms with Gasteiger partial charge in [0.1, 0.15) is 6.61 Å². The average molecular weight is 249 g/mol. The lowest BCUT2D eigenvalue weighted by Gasteiger charge is -2.13. The van der Waals surface area contributed by atoms with Crippen LogP contribution in [0.15, 0.2) is 6.07 Å². The van der Waals surface area contributed by atoms with E-state index in [-0.39, 0.29) is 18.7 Å². The molecule has 1 fully saturated rings. The summed E-state index contributed by atoms with van der Waals surface area (Å²) in [6, 6.07) is 0.117. The van der Waals surface area contributed by atoms with Crippen LogP contribution in [0.4, 0.5) is 17.6 Å². The molecular formula is C11H11F4NO. The summed E-state index contributed by atoms with van der Waals surface area (Å²) < 4.78 is 56.9. The highest BCUT2D eigenvalue weighted by atomic mass is 19.2. The highest BCUT2D eigenvalue weighted by Gasteiger charge is 2.22. The van der Waals surface area contributed by atoms with Crippen LogP contribution >= 0.6 is 0 Å². The molecule has 6 heteroatoms. The van der Waals surface area contributed by atoms with Gasteiger partial charge in [-0.2, -0.15) is 8.78 Å². The molecule has 2 rings (SSSR count). The topological polar surface area (TPSA) is 21.3 Å². The van der Waals surface area contributed by atoms with Crippen LogP contribution in [0.5, 0.6) is 5.75 Å². The molecule has 0 radical (unpaired) electrons. The fraction of sp³-hybridized carbons (Fsp3) is 0.455. The van der Waals surface area contributed by atoms with E-state index in [1.807, 2.05) is 0 Å². The Labute approximate surface area is 95.6 Å². The molecule has 0 aromatic heterocycles. The van der Waals surface area contributed by atoms with E-state index in [4.69, 9.17) is 4.74 Å². The first-order valence-corrected chi connectivity index (χ1v) is 5.28. The lowest BCUT2D eigenvalue weighted by atomic mass is 10.2. The molecule has 17 heavy (non-hydrogen) atoms. The van der Waals surface area contributed by atoms with Gasteiger partial charge in [0.25, 0.3) is 0 Å². The summed E-state index contributed by atoms with van der Waals surface area (Å²) in [7, 11) is 0. The van der Waals surface area contributed by atoms with Gasteiger partial charge in [-0.15, -0.1) is 0 Å². The van der Waals surface area contributed by atoms with Crippen molar-refractivity contribution in [1.82, 2.24) is 5.32 Å². The Kier molecular flexibility index (Phi) is 3.51. The summed E-state index contributed by atoms with van der Waals surface area (Å²) in [6.45, 7) is 0.785. The largest absolute Gasteiger partial charge is 0.486 e. The van der Waals surface area contributed by atoms with Gasteiger partial charge in [-0.1, -0.05) is 0 Å². The van der Waals surface area contributed by atoms with Crippen LogP contribution in [-0.2, 0) is 0 Å². The van der Waals surface area contributed by atoms with Gasteiger partial charge in [0, 0.05) is 12.1 Å². The van der Waals surface area contributed by atoms with Crippen molar-refractivity contribution in [3.05, 3.63) is 29.3 Å². The van der Waals surface area contributed by atoms with Crippen molar-refractivity contribution < 1.29 is 22.3 Å². The second-order valence-electron chi connectivity index (χ2n) is 3.90. The minimum Gasteiger partial charge on any atom is -0.486 e. The molecule has 94 valence electrons. The third kappa shape index (κ3) is 2.52. The molecule has 1 N–H and O–H groups in total. The lowest BCUT2D eigenvalue weighted by Crippen LogP contribution is -2.28. The van der Waals surface area contributed by atoms with Gasteiger partial charge in [0.05, 0.1) is 0 Å². The van der Waals surface area contributed by atoms with Gasteiger partial charge < -0.3 is 10.1 Å². The second-order valence-corrected chi connectivity index (χ2v) is 3.90. The quantitative estimate of drug-likeness (QED) is 0.656. The number of nitrogens with one attached hydrogen (secondary N) is 1. The fourth-order valence-electron chi connectivity index (χ4n) is 1.76. The summed E-state index contributed by atoms with van der Waals surface area (Å²) >= 11 is 0. The number of rotatable bonds is 3. The maximum atomic E-state index is 13.2. The van der Waals surface area contributed by atoms with Crippen molar-refractivity contribution in [2.75, 3.05) is 13.2 Å². The third-order valence-electron chi connectivity index (χ3n) is 2.66. The number of hydrogen-bond acceptors (Lipinski definition) is 2. The van der Waals surface area contributed by atoms with Crippen molar-refractivity contribution in [2.24, 2.45) is 0 Å². The Hall–Kier alpha value is -1.30. The molecule has 2 nitrogen and oxygen atoms in total. The summed E-state index contributed by atoms with van der Waals surface area (Å²) in [5.41, 5.74) is 0. The molecular weight excluding hydrogens is 238 g/mol. The van der Waals surface area contributed by atoms with Crippen LogP contribution in [0.2, 0.25) is 0 Å². The van der Waals surface area contributed by atoms with Gasteiger partial charge in [0.2, 0.25) is 11.6 Å². The summed E-state index contributed by atoms with van der Waals surface area (Å²) in [5.74, 6) is -6.91. The van der Waals surface area contributed by atoms with Crippen molar-refractivity contribution in [2.45, 2.75) is 18.9 Å². The van der Waals surface area contributed by atoms with Gasteiger partial charge >= 0.3 is 0 Å². The molecule has 1 aliphatic rings. The minimum atomic E-state index is -1.50. The predicted molar refractivity (Wildman–Crippen MR) is 52.8 cm³/mol. The number of halogens is 4. The number of benzene rings is 1. The average Bonchev–Trinajstić information content (AvgIpc) is 2.79. The summed E-state index contributed by atoms with van der Waals surface area (Å²) in [5, 5.41) is 3.04. The van der Waals surface area contributed by atoms with Gasteiger partial charge in [0.15, 0.2) is 17.4 Å². The van der Waals surface area contributed by atoms with Gasteiger partial charge in [-0.3, -0.25) is 0 Å². The van der Waals surface area contributed by atoms with Crippen molar-refractivity contribution in [1.29, 1.82) is 0 Å². The van der Waals surface area contributed by atoms with Crippen LogP contribution in [0.1, 0.15) is 12.8 Å². The Balaban J connectivity index is 2.13. The number of ether oxygens (including phenoxy) is 1. The summed E-state index contributed by atoms with van der Waals surface area (Å²) in [4.78, 5) is 0. The monoisotopic (exact) mass is 249 g/mol. The van der Waals surface area contributed by atoms with Crippen LogP contribution in [0.25, 0.3) is 0 Å². The minimum absolute atomic E-state index is 0.0171. The van der Waals surface area contributed by atoms with Crippen LogP contribution in [0.3, 0.4) is 0 Å². The van der Waals surface area contributed by atoms with E-state index in [1.165, 1.54) is 0 Å². The van der Waals surface area contributed by atoms with Crippen molar-refractivity contribution in [3.8, 4) is 5.75 Å². The predicted octanol–water partition coefficient (Wildman–Crippen LogP) is 2.37. The molecule has 1 saturated heterocycles. The lowest BCUT2D eigenvalue weighted by molar-refractivity contribution is 0.244. The van der Waals surface area contributed by atoms with Crippen LogP contribution < -0.4 is 10.1 Å². The first-order valence-electron chi connectivity index (χ1n) is 5.28. The van der Waals surface area contributed by atoms with E-state index in [0.717, 1.165) is 19.4 Å². The van der Waals surface area contributed by atoms with Crippen LogP contribution in [-0.4, -0.2) is 19.2 Å². The SMILES string of the molecule is Fc1cc(F)c(F)c(OC[C@H]2CCCN2)c1F. The van der Waals surface area contributed by atoms with E-state index in [1.54, 1.807) is 0 Å². The van der Waals surface area contributed by atoms with Crippen LogP contribution in [0, 0.1) is 23.3 Å². The van der Waals surface area contributed by atoms with Gasteiger partial charge in [-0.25, -0.2) is 8.78 Å². The molecule has 0 spiro atoms. The highest BCUT2D eigenvalue weighted by Crippen LogP contribution is 2.26. The second kappa shape index (κ2) is 4.91. The summed E-state index contributed by atoms with van der Waals surface area (Å²) in [6.07, 6.45) is 1.75. The normalized spacial score (nSPS) is 19.6. The molecule has 0 bridgehead atoms. The smallest absolute Gasteiger partial charge is 0.203 e. The molecule has 0 saturated carbocycles. The van der Waals surface area contributed by atoms with Crippen molar-refractivity contribution >= 4 is 0 Å². The molecule has 1 atom stereocenters. The Bertz CT molecular complexity index is 392. The van der Waals surface area contributed by atoms with Gasteiger partial charge in [-0.05, 0) is 19.4 Å². The fourth-order valence-corrected chi connectivity index (χ4v) is 1.76. The van der Waals surface area contributed by atoms with Crippen molar-refractivity contribution in [3.63, 3.8) is 0 Å². The third-order valence-corrected chi connectivity index (χ3v) is 2.66. The molecule has 0 unspecified atom stereocenters. The zero-order chi connectivity index (χ0) is 12.4. The van der Waals surface area contributed by atoms with E-state index < -0.39 is 29.0 Å². The highest BCUT2D eigenvalue weighted by molar-refractivity contribution is 5.28.